The molecule has 0 saturated carbocycles. The lowest BCUT2D eigenvalue weighted by atomic mass is 10.2. The summed E-state index contributed by atoms with van der Waals surface area (Å²) in [5.74, 6) is -0.0813. The maximum Gasteiger partial charge on any atom is 0.269 e. The number of non-ortho nitro benzene ring substituents is 1. The Labute approximate surface area is 181 Å². The minimum absolute atomic E-state index is 0.0209. The molecule has 30 heavy (non-hydrogen) atoms. The number of nitro benzene ring substituents is 1. The first-order chi connectivity index (χ1) is 14.4. The highest BCUT2D eigenvalue weighted by Crippen LogP contribution is 2.34. The minimum atomic E-state index is -0.477. The summed E-state index contributed by atoms with van der Waals surface area (Å²) in [5.41, 5.74) is 1.80. The van der Waals surface area contributed by atoms with Gasteiger partial charge in [0.05, 0.1) is 21.2 Å². The summed E-state index contributed by atoms with van der Waals surface area (Å²) in [7, 11) is 0. The number of benzene rings is 3. The summed E-state index contributed by atoms with van der Waals surface area (Å²) in [5, 5.41) is 15.1. The summed E-state index contributed by atoms with van der Waals surface area (Å²) >= 11 is 12.5. The van der Waals surface area contributed by atoms with E-state index in [0.717, 1.165) is 0 Å². The van der Waals surface area contributed by atoms with Crippen LogP contribution in [0.2, 0.25) is 10.0 Å². The first kappa shape index (κ1) is 21.5. The highest BCUT2D eigenvalue weighted by atomic mass is 35.5. The Morgan fingerprint density at radius 1 is 1.00 bits per heavy atom. The van der Waals surface area contributed by atoms with Crippen LogP contribution in [0.15, 0.2) is 65.8 Å². The van der Waals surface area contributed by atoms with Crippen molar-refractivity contribution >= 4 is 35.1 Å². The predicted molar refractivity (Wildman–Crippen MR) is 113 cm³/mol. The van der Waals surface area contributed by atoms with Crippen molar-refractivity contribution in [3.05, 3.63) is 103 Å². The van der Waals surface area contributed by atoms with Gasteiger partial charge in [0.1, 0.15) is 19.0 Å². The van der Waals surface area contributed by atoms with Gasteiger partial charge < -0.3 is 9.57 Å². The quantitative estimate of drug-likeness (QED) is 0.234. The normalized spacial score (nSPS) is 10.9. The van der Waals surface area contributed by atoms with Gasteiger partial charge in [-0.25, -0.2) is 4.39 Å². The maximum absolute atomic E-state index is 13.3. The largest absolute Gasteiger partial charge is 0.486 e. The zero-order valence-corrected chi connectivity index (χ0v) is 16.9. The molecule has 0 aliphatic heterocycles. The first-order valence-electron chi connectivity index (χ1n) is 8.67. The van der Waals surface area contributed by atoms with Gasteiger partial charge in [0, 0.05) is 12.1 Å². The summed E-state index contributed by atoms with van der Waals surface area (Å²) in [6.45, 7) is 0.172. The average molecular weight is 449 g/mol. The van der Waals surface area contributed by atoms with Crippen LogP contribution in [-0.4, -0.2) is 11.1 Å². The average Bonchev–Trinajstić information content (AvgIpc) is 2.71. The third-order valence-electron chi connectivity index (χ3n) is 3.92. The Kier molecular flexibility index (Phi) is 7.21. The third kappa shape index (κ3) is 5.92. The van der Waals surface area contributed by atoms with Gasteiger partial charge >= 0.3 is 0 Å². The van der Waals surface area contributed by atoms with Crippen LogP contribution in [0.25, 0.3) is 0 Å². The zero-order valence-electron chi connectivity index (χ0n) is 15.4. The van der Waals surface area contributed by atoms with E-state index in [2.05, 4.69) is 5.16 Å². The molecule has 0 amide bonds. The van der Waals surface area contributed by atoms with Crippen LogP contribution in [0, 0.1) is 15.9 Å². The number of hydrogen-bond donors (Lipinski definition) is 0. The number of rotatable bonds is 8. The molecule has 0 atom stereocenters. The van der Waals surface area contributed by atoms with Crippen LogP contribution in [0.4, 0.5) is 10.1 Å². The molecular weight excluding hydrogens is 434 g/mol. The molecule has 0 aliphatic carbocycles. The van der Waals surface area contributed by atoms with Crippen LogP contribution >= 0.6 is 23.2 Å². The van der Waals surface area contributed by atoms with Crippen molar-refractivity contribution in [2.24, 2.45) is 5.16 Å². The van der Waals surface area contributed by atoms with Crippen LogP contribution in [0.5, 0.6) is 5.75 Å². The second kappa shape index (κ2) is 10.0. The molecule has 0 bridgehead atoms. The Morgan fingerprint density at radius 3 is 2.33 bits per heavy atom. The number of halogens is 3. The molecule has 154 valence electrons. The number of ether oxygens (including phenoxy) is 1. The Balaban J connectivity index is 1.60. The van der Waals surface area contributed by atoms with Crippen molar-refractivity contribution in [1.82, 2.24) is 0 Å². The van der Waals surface area contributed by atoms with Crippen molar-refractivity contribution in [3.8, 4) is 5.75 Å². The lowest BCUT2D eigenvalue weighted by Gasteiger charge is -2.11. The van der Waals surface area contributed by atoms with E-state index in [1.807, 2.05) is 0 Å². The summed E-state index contributed by atoms with van der Waals surface area (Å²) in [6, 6.07) is 15.3. The summed E-state index contributed by atoms with van der Waals surface area (Å²) in [4.78, 5) is 15.5. The molecule has 0 aromatic heterocycles. The minimum Gasteiger partial charge on any atom is -0.486 e. The molecule has 0 heterocycles. The van der Waals surface area contributed by atoms with E-state index in [1.54, 1.807) is 36.4 Å². The van der Waals surface area contributed by atoms with E-state index >= 15 is 0 Å². The number of hydrogen-bond acceptors (Lipinski definition) is 5. The molecule has 0 fully saturated rings. The van der Waals surface area contributed by atoms with Gasteiger partial charge in [-0.2, -0.15) is 0 Å². The smallest absolute Gasteiger partial charge is 0.269 e. The topological polar surface area (TPSA) is 74.0 Å². The fourth-order valence-corrected chi connectivity index (χ4v) is 3.16. The Morgan fingerprint density at radius 2 is 1.67 bits per heavy atom. The molecule has 0 N–H and O–H groups in total. The fraction of sp³-hybridized carbons (Fsp3) is 0.0952. The van der Waals surface area contributed by atoms with E-state index < -0.39 is 4.92 Å². The van der Waals surface area contributed by atoms with Crippen molar-refractivity contribution in [2.75, 3.05) is 0 Å². The van der Waals surface area contributed by atoms with Crippen molar-refractivity contribution in [2.45, 2.75) is 13.2 Å². The van der Waals surface area contributed by atoms with Crippen LogP contribution in [0.3, 0.4) is 0 Å². The molecule has 9 heteroatoms. The highest BCUT2D eigenvalue weighted by Gasteiger charge is 2.10. The van der Waals surface area contributed by atoms with Gasteiger partial charge in [0.2, 0.25) is 0 Å². The highest BCUT2D eigenvalue weighted by molar-refractivity contribution is 6.37. The third-order valence-corrected chi connectivity index (χ3v) is 4.48. The zero-order chi connectivity index (χ0) is 21.5. The van der Waals surface area contributed by atoms with Crippen LogP contribution in [-0.2, 0) is 18.1 Å². The molecule has 3 rings (SSSR count). The first-order valence-corrected chi connectivity index (χ1v) is 9.43. The van der Waals surface area contributed by atoms with E-state index in [1.165, 1.54) is 30.5 Å². The van der Waals surface area contributed by atoms with Gasteiger partial charge in [-0.15, -0.1) is 0 Å². The lowest BCUT2D eigenvalue weighted by Crippen LogP contribution is -1.98. The van der Waals surface area contributed by atoms with Gasteiger partial charge in [0.15, 0.2) is 5.75 Å². The molecule has 3 aromatic rings. The molecule has 0 aliphatic rings. The predicted octanol–water partition coefficient (Wildman–Crippen LogP) is 6.17. The Hall–Kier alpha value is -3.16. The number of nitrogens with zero attached hydrogens (tertiary/aromatic N) is 2. The van der Waals surface area contributed by atoms with Crippen LogP contribution in [0.1, 0.15) is 16.7 Å². The van der Waals surface area contributed by atoms with Crippen molar-refractivity contribution < 1.29 is 18.9 Å². The maximum atomic E-state index is 13.3. The molecule has 0 radical (unpaired) electrons. The van der Waals surface area contributed by atoms with Gasteiger partial charge in [-0.3, -0.25) is 10.1 Å². The van der Waals surface area contributed by atoms with E-state index in [4.69, 9.17) is 32.8 Å². The van der Waals surface area contributed by atoms with Crippen molar-refractivity contribution in [1.29, 1.82) is 0 Å². The van der Waals surface area contributed by atoms with E-state index in [-0.39, 0.29) is 40.5 Å². The van der Waals surface area contributed by atoms with Gasteiger partial charge in [-0.05, 0) is 41.0 Å². The van der Waals surface area contributed by atoms with Crippen LogP contribution < -0.4 is 4.74 Å². The second-order valence-electron chi connectivity index (χ2n) is 6.17. The van der Waals surface area contributed by atoms with E-state index in [0.29, 0.717) is 16.7 Å². The second-order valence-corrected chi connectivity index (χ2v) is 6.98. The van der Waals surface area contributed by atoms with Crippen molar-refractivity contribution in [3.63, 3.8) is 0 Å². The van der Waals surface area contributed by atoms with Gasteiger partial charge in [0.25, 0.3) is 5.69 Å². The summed E-state index contributed by atoms with van der Waals surface area (Å²) < 4.78 is 18.9. The SMILES string of the molecule is O=[N+]([O-])c1cccc(CO/N=C\c2cc(Cl)c(OCc3cccc(F)c3)c(Cl)c2)c1. The monoisotopic (exact) mass is 448 g/mol. The molecule has 0 spiro atoms. The fourth-order valence-electron chi connectivity index (χ4n) is 2.54. The summed E-state index contributed by atoms with van der Waals surface area (Å²) in [6.07, 6.45) is 1.41. The standard InChI is InChI=1S/C21H15Cl2FN2O4/c22-19-9-16(11-25-30-13-15-4-2-6-18(8-15)26(27)28)10-20(23)21(19)29-12-14-3-1-5-17(24)7-14/h1-11H,12-13H2/b25-11-. The molecular formula is C21H15Cl2FN2O4. The lowest BCUT2D eigenvalue weighted by molar-refractivity contribution is -0.384. The number of nitro groups is 1. The Bertz CT molecular complexity index is 1070. The molecule has 3 aromatic carbocycles. The van der Waals surface area contributed by atoms with E-state index in [9.17, 15) is 14.5 Å². The molecule has 0 saturated heterocycles. The van der Waals surface area contributed by atoms with Gasteiger partial charge in [-0.1, -0.05) is 52.6 Å². The number of oxime groups is 1. The molecule has 0 unspecified atom stereocenters. The molecule has 6 nitrogen and oxygen atoms in total.